The average molecular weight is 415 g/mol. The molecule has 1 atom stereocenters. The van der Waals surface area contributed by atoms with Crippen molar-refractivity contribution in [1.82, 2.24) is 5.32 Å². The first kappa shape index (κ1) is 20.5. The molecule has 1 fully saturated rings. The summed E-state index contributed by atoms with van der Waals surface area (Å²) in [7, 11) is 4.60. The summed E-state index contributed by atoms with van der Waals surface area (Å²) < 4.78 is 15.7. The lowest BCUT2D eigenvalue weighted by Crippen LogP contribution is -2.28. The molecule has 0 radical (unpaired) electrons. The lowest BCUT2D eigenvalue weighted by molar-refractivity contribution is -0.122. The van der Waals surface area contributed by atoms with Crippen LogP contribution >= 0.6 is 11.8 Å². The number of nitrogens with zero attached hydrogens (tertiary/aromatic N) is 1. The van der Waals surface area contributed by atoms with Crippen LogP contribution in [0.2, 0.25) is 0 Å². The normalized spacial score (nSPS) is 17.0. The second-order valence-corrected chi connectivity index (χ2v) is 7.19. The van der Waals surface area contributed by atoms with Crippen LogP contribution in [0.1, 0.15) is 6.42 Å². The molecule has 3 rings (SSSR count). The Morgan fingerprint density at radius 1 is 1.10 bits per heavy atom. The minimum Gasteiger partial charge on any atom is -0.497 e. The molecule has 1 saturated heterocycles. The summed E-state index contributed by atoms with van der Waals surface area (Å²) in [4.78, 5) is 29.2. The van der Waals surface area contributed by atoms with Crippen molar-refractivity contribution in [3.05, 3.63) is 42.5 Å². The van der Waals surface area contributed by atoms with Gasteiger partial charge in [0.05, 0.1) is 27.0 Å². The Morgan fingerprint density at radius 2 is 1.86 bits per heavy atom. The van der Waals surface area contributed by atoms with E-state index < -0.39 is 5.25 Å². The molecule has 1 aliphatic rings. The van der Waals surface area contributed by atoms with E-state index in [1.807, 2.05) is 12.1 Å². The fourth-order valence-corrected chi connectivity index (χ4v) is 3.69. The van der Waals surface area contributed by atoms with Gasteiger partial charge in [-0.15, -0.1) is 0 Å². The molecule has 0 aliphatic carbocycles. The van der Waals surface area contributed by atoms with Gasteiger partial charge < -0.3 is 24.8 Å². The Balaban J connectivity index is 1.67. The topological polar surface area (TPSA) is 98.2 Å². The van der Waals surface area contributed by atoms with Gasteiger partial charge in [0, 0.05) is 12.5 Å². The molecule has 29 heavy (non-hydrogen) atoms. The highest BCUT2D eigenvalue weighted by Crippen LogP contribution is 2.32. The zero-order chi connectivity index (χ0) is 20.8. The lowest BCUT2D eigenvalue weighted by Gasteiger charge is -2.12. The largest absolute Gasteiger partial charge is 0.497 e. The first-order valence-electron chi connectivity index (χ1n) is 8.75. The van der Waals surface area contributed by atoms with Gasteiger partial charge in [-0.25, -0.2) is 4.99 Å². The van der Waals surface area contributed by atoms with Crippen molar-refractivity contribution in [2.75, 3.05) is 26.6 Å². The van der Waals surface area contributed by atoms with E-state index in [9.17, 15) is 9.59 Å². The number of carbonyl (C=O) groups is 2. The Labute approximate surface area is 172 Å². The molecular weight excluding hydrogens is 394 g/mol. The van der Waals surface area contributed by atoms with Crippen LogP contribution in [0.4, 0.5) is 11.4 Å². The minimum atomic E-state index is -0.583. The molecule has 2 aromatic rings. The summed E-state index contributed by atoms with van der Waals surface area (Å²) in [6.07, 6.45) is -0.0121. The zero-order valence-corrected chi connectivity index (χ0v) is 17.0. The van der Waals surface area contributed by atoms with Gasteiger partial charge >= 0.3 is 0 Å². The molecule has 8 nitrogen and oxygen atoms in total. The number of amidine groups is 1. The SMILES string of the molecule is COc1ccc(OC)c(NC(=O)C[C@H]2SC(=Nc3ccccc3OC)NC2=O)c1. The first-order valence-corrected chi connectivity index (χ1v) is 9.63. The summed E-state index contributed by atoms with van der Waals surface area (Å²) in [5.74, 6) is 1.10. The molecule has 0 spiro atoms. The van der Waals surface area contributed by atoms with E-state index in [1.54, 1.807) is 37.4 Å². The van der Waals surface area contributed by atoms with Crippen LogP contribution in [0.3, 0.4) is 0 Å². The average Bonchev–Trinajstić information content (AvgIpc) is 3.06. The third-order valence-corrected chi connectivity index (χ3v) is 5.22. The van der Waals surface area contributed by atoms with Crippen LogP contribution < -0.4 is 24.8 Å². The molecular formula is C20H21N3O5S. The van der Waals surface area contributed by atoms with E-state index in [2.05, 4.69) is 15.6 Å². The molecule has 0 saturated carbocycles. The Morgan fingerprint density at radius 3 is 2.59 bits per heavy atom. The van der Waals surface area contributed by atoms with Crippen molar-refractivity contribution in [2.24, 2.45) is 4.99 Å². The monoisotopic (exact) mass is 415 g/mol. The van der Waals surface area contributed by atoms with Crippen molar-refractivity contribution >= 4 is 40.1 Å². The number of ether oxygens (including phenoxy) is 3. The van der Waals surface area contributed by atoms with Crippen LogP contribution in [0.5, 0.6) is 17.2 Å². The van der Waals surface area contributed by atoms with Crippen molar-refractivity contribution in [1.29, 1.82) is 0 Å². The van der Waals surface area contributed by atoms with E-state index in [4.69, 9.17) is 14.2 Å². The van der Waals surface area contributed by atoms with Gasteiger partial charge in [0.1, 0.15) is 28.2 Å². The molecule has 0 unspecified atom stereocenters. The van der Waals surface area contributed by atoms with Gasteiger partial charge in [0.15, 0.2) is 5.17 Å². The highest BCUT2D eigenvalue weighted by Gasteiger charge is 2.32. The van der Waals surface area contributed by atoms with Crippen LogP contribution in [0.25, 0.3) is 0 Å². The molecule has 2 amide bonds. The van der Waals surface area contributed by atoms with Gasteiger partial charge in [-0.2, -0.15) is 0 Å². The van der Waals surface area contributed by atoms with Gasteiger partial charge in [0.2, 0.25) is 11.8 Å². The van der Waals surface area contributed by atoms with Gasteiger partial charge in [-0.1, -0.05) is 23.9 Å². The van der Waals surface area contributed by atoms with Crippen molar-refractivity contribution in [3.63, 3.8) is 0 Å². The fraction of sp³-hybridized carbons (Fsp3) is 0.250. The van der Waals surface area contributed by atoms with Crippen LogP contribution in [0.15, 0.2) is 47.5 Å². The number of aliphatic imine (C=N–C) groups is 1. The second-order valence-electron chi connectivity index (χ2n) is 6.00. The number of nitrogens with one attached hydrogen (secondary N) is 2. The lowest BCUT2D eigenvalue weighted by atomic mass is 10.2. The molecule has 0 aromatic heterocycles. The maximum Gasteiger partial charge on any atom is 0.240 e. The summed E-state index contributed by atoms with van der Waals surface area (Å²) >= 11 is 1.21. The summed E-state index contributed by atoms with van der Waals surface area (Å²) in [6.45, 7) is 0. The molecule has 2 aromatic carbocycles. The summed E-state index contributed by atoms with van der Waals surface area (Å²) in [5, 5.41) is 5.32. The number of amides is 2. The van der Waals surface area contributed by atoms with Gasteiger partial charge in [0.25, 0.3) is 0 Å². The number of carbonyl (C=O) groups excluding carboxylic acids is 2. The first-order chi connectivity index (χ1) is 14.0. The molecule has 9 heteroatoms. The summed E-state index contributed by atoms with van der Waals surface area (Å²) in [6, 6.07) is 12.3. The number of thioether (sulfide) groups is 1. The number of rotatable bonds is 7. The molecule has 1 heterocycles. The standard InChI is InChI=1S/C20H21N3O5S/c1-26-12-8-9-16(28-3)14(10-12)21-18(24)11-17-19(25)23-20(29-17)22-13-6-4-5-7-15(13)27-2/h4-10,17H,11H2,1-3H3,(H,21,24)(H,22,23,25)/t17-/m1/s1. The maximum atomic E-state index is 12.5. The number of methoxy groups -OCH3 is 3. The zero-order valence-electron chi connectivity index (χ0n) is 16.2. The smallest absolute Gasteiger partial charge is 0.240 e. The number of hydrogen-bond donors (Lipinski definition) is 2. The Hall–Kier alpha value is -3.20. The Kier molecular flexibility index (Phi) is 6.61. The quantitative estimate of drug-likeness (QED) is 0.722. The highest BCUT2D eigenvalue weighted by atomic mass is 32.2. The predicted octanol–water partition coefficient (Wildman–Crippen LogP) is 2.96. The van der Waals surface area contributed by atoms with Crippen molar-refractivity contribution in [3.8, 4) is 17.2 Å². The van der Waals surface area contributed by atoms with Crippen molar-refractivity contribution < 1.29 is 23.8 Å². The highest BCUT2D eigenvalue weighted by molar-refractivity contribution is 8.15. The minimum absolute atomic E-state index is 0.0121. The van der Waals surface area contributed by atoms with E-state index in [1.165, 1.54) is 26.0 Å². The van der Waals surface area contributed by atoms with E-state index in [0.717, 1.165) is 0 Å². The third-order valence-electron chi connectivity index (χ3n) is 4.14. The van der Waals surface area contributed by atoms with E-state index >= 15 is 0 Å². The number of hydrogen-bond acceptors (Lipinski definition) is 7. The number of benzene rings is 2. The molecule has 2 N–H and O–H groups in total. The van der Waals surface area contributed by atoms with Gasteiger partial charge in [-0.3, -0.25) is 9.59 Å². The maximum absolute atomic E-state index is 12.5. The predicted molar refractivity (Wildman–Crippen MR) is 112 cm³/mol. The van der Waals surface area contributed by atoms with Gasteiger partial charge in [-0.05, 0) is 24.3 Å². The number of anilines is 1. The van der Waals surface area contributed by atoms with Crippen LogP contribution in [0, 0.1) is 0 Å². The van der Waals surface area contributed by atoms with Crippen molar-refractivity contribution in [2.45, 2.75) is 11.7 Å². The summed E-state index contributed by atoms with van der Waals surface area (Å²) in [5.41, 5.74) is 1.08. The Bertz CT molecular complexity index is 947. The van der Waals surface area contributed by atoms with E-state index in [-0.39, 0.29) is 18.2 Å². The van der Waals surface area contributed by atoms with Crippen LogP contribution in [-0.4, -0.2) is 43.6 Å². The van der Waals surface area contributed by atoms with Crippen LogP contribution in [-0.2, 0) is 9.59 Å². The fourth-order valence-electron chi connectivity index (χ4n) is 2.71. The molecule has 1 aliphatic heterocycles. The molecule has 0 bridgehead atoms. The molecule has 152 valence electrons. The third kappa shape index (κ3) is 5.00. The number of para-hydroxylation sites is 2. The second kappa shape index (κ2) is 9.33. The van der Waals surface area contributed by atoms with E-state index in [0.29, 0.717) is 33.8 Å².